The van der Waals surface area contributed by atoms with Crippen LogP contribution in [0.15, 0.2) is 78.4 Å². The minimum atomic E-state index is -0.961. The van der Waals surface area contributed by atoms with Gasteiger partial charge in [-0.25, -0.2) is 0 Å². The van der Waals surface area contributed by atoms with Gasteiger partial charge in [-0.1, -0.05) is 30.3 Å². The fourth-order valence-corrected chi connectivity index (χ4v) is 4.18. The van der Waals surface area contributed by atoms with E-state index in [9.17, 15) is 24.8 Å². The normalized spacial score (nSPS) is 16.8. The van der Waals surface area contributed by atoms with Crippen molar-refractivity contribution < 1.29 is 24.4 Å². The summed E-state index contributed by atoms with van der Waals surface area (Å²) >= 11 is 0. The van der Waals surface area contributed by atoms with E-state index in [1.807, 2.05) is 38.1 Å². The van der Waals surface area contributed by atoms with Gasteiger partial charge in [0.15, 0.2) is 0 Å². The highest BCUT2D eigenvalue weighted by atomic mass is 16.6. The average molecular weight is 488 g/mol. The van der Waals surface area contributed by atoms with Crippen molar-refractivity contribution in [2.45, 2.75) is 13.0 Å². The Labute approximate surface area is 208 Å². The van der Waals surface area contributed by atoms with E-state index in [0.717, 1.165) is 5.69 Å². The fourth-order valence-electron chi connectivity index (χ4n) is 4.18. The van der Waals surface area contributed by atoms with Crippen LogP contribution >= 0.6 is 0 Å². The van der Waals surface area contributed by atoms with Crippen LogP contribution in [0.2, 0.25) is 0 Å². The number of hydrogen-bond donors (Lipinski definition) is 1. The van der Waals surface area contributed by atoms with Crippen LogP contribution in [-0.2, 0) is 9.59 Å². The van der Waals surface area contributed by atoms with Crippen LogP contribution in [0.3, 0.4) is 0 Å². The van der Waals surface area contributed by atoms with E-state index in [1.165, 1.54) is 29.2 Å². The zero-order valence-electron chi connectivity index (χ0n) is 20.0. The van der Waals surface area contributed by atoms with Gasteiger partial charge >= 0.3 is 0 Å². The number of ketones is 1. The summed E-state index contributed by atoms with van der Waals surface area (Å²) in [7, 11) is 3.78. The number of non-ortho nitro benzene ring substituents is 1. The van der Waals surface area contributed by atoms with E-state index < -0.39 is 28.4 Å². The maximum atomic E-state index is 13.3. The van der Waals surface area contributed by atoms with Crippen molar-refractivity contribution in [3.63, 3.8) is 0 Å². The number of Topliss-reactive ketones (excluding diaryl/α,β-unsaturated/α-hetero) is 1. The molecular weight excluding hydrogens is 462 g/mol. The number of aliphatic hydroxyl groups excluding tert-OH is 1. The molecule has 184 valence electrons. The van der Waals surface area contributed by atoms with Gasteiger partial charge in [0.2, 0.25) is 0 Å². The van der Waals surface area contributed by atoms with E-state index in [0.29, 0.717) is 23.6 Å². The van der Waals surface area contributed by atoms with Crippen LogP contribution in [0, 0.1) is 10.1 Å². The molecule has 0 radical (unpaired) electrons. The summed E-state index contributed by atoms with van der Waals surface area (Å²) in [6.45, 7) is 2.26. The highest BCUT2D eigenvalue weighted by Crippen LogP contribution is 2.43. The molecular formula is C27H25N3O6. The Bertz CT molecular complexity index is 1360. The molecule has 1 heterocycles. The number of carbonyl (C=O) groups excluding carboxylic acids is 2. The van der Waals surface area contributed by atoms with Gasteiger partial charge in [0.05, 0.1) is 23.1 Å². The summed E-state index contributed by atoms with van der Waals surface area (Å²) in [6.07, 6.45) is 0. The molecule has 1 fully saturated rings. The average Bonchev–Trinajstić information content (AvgIpc) is 3.14. The van der Waals surface area contributed by atoms with Gasteiger partial charge in [-0.05, 0) is 36.8 Å². The van der Waals surface area contributed by atoms with Crippen LogP contribution in [-0.4, -0.2) is 42.4 Å². The Morgan fingerprint density at radius 3 is 2.39 bits per heavy atom. The summed E-state index contributed by atoms with van der Waals surface area (Å²) in [5.41, 5.74) is 1.59. The fraction of sp³-hybridized carbons (Fsp3) is 0.185. The van der Waals surface area contributed by atoms with Crippen LogP contribution in [0.5, 0.6) is 5.75 Å². The highest BCUT2D eigenvalue weighted by molar-refractivity contribution is 6.51. The molecule has 1 atom stereocenters. The van der Waals surface area contributed by atoms with Crippen molar-refractivity contribution in [1.82, 2.24) is 0 Å². The summed E-state index contributed by atoms with van der Waals surface area (Å²) in [5, 5.41) is 22.5. The molecule has 1 N–H and O–H groups in total. The minimum Gasteiger partial charge on any atom is -0.507 e. The number of benzene rings is 3. The second-order valence-electron chi connectivity index (χ2n) is 8.39. The zero-order chi connectivity index (χ0) is 26.0. The summed E-state index contributed by atoms with van der Waals surface area (Å²) in [5.74, 6) is -1.67. The largest absolute Gasteiger partial charge is 0.507 e. The minimum absolute atomic E-state index is 0.0696. The van der Waals surface area contributed by atoms with Crippen LogP contribution in [0.1, 0.15) is 24.1 Å². The second-order valence-corrected chi connectivity index (χ2v) is 8.39. The standard InChI is InChI=1S/C27H25N3O6/c1-4-36-22-10-6-8-20(16-22)29-24(17-11-13-19(14-12-17)28(2)3)23(26(32)27(29)33)25(31)18-7-5-9-21(15-18)30(34)35/h5-16,24,31H,4H2,1-3H3/b25-23-. The van der Waals surface area contributed by atoms with E-state index >= 15 is 0 Å². The molecule has 1 amide bonds. The third kappa shape index (κ3) is 4.50. The lowest BCUT2D eigenvalue weighted by Gasteiger charge is -2.26. The number of aliphatic hydroxyl groups is 1. The molecule has 0 aliphatic carbocycles. The molecule has 0 saturated carbocycles. The number of rotatable bonds is 7. The molecule has 0 aromatic heterocycles. The van der Waals surface area contributed by atoms with Crippen LogP contribution in [0.25, 0.3) is 5.76 Å². The van der Waals surface area contributed by atoms with Crippen molar-refractivity contribution >= 4 is 34.5 Å². The van der Waals surface area contributed by atoms with Gasteiger partial charge in [-0.2, -0.15) is 0 Å². The maximum absolute atomic E-state index is 13.3. The Balaban J connectivity index is 1.92. The molecule has 4 rings (SSSR count). The smallest absolute Gasteiger partial charge is 0.300 e. The molecule has 9 nitrogen and oxygen atoms in total. The third-order valence-electron chi connectivity index (χ3n) is 5.91. The Morgan fingerprint density at radius 1 is 1.06 bits per heavy atom. The SMILES string of the molecule is CCOc1cccc(N2C(=O)C(=O)/C(=C(\O)c3cccc([N+](=O)[O-])c3)C2c2ccc(N(C)C)cc2)c1. The molecule has 3 aromatic carbocycles. The number of carbonyl (C=O) groups is 2. The monoisotopic (exact) mass is 487 g/mol. The lowest BCUT2D eigenvalue weighted by Crippen LogP contribution is -2.29. The van der Waals surface area contributed by atoms with Gasteiger partial charge in [0.1, 0.15) is 11.5 Å². The maximum Gasteiger partial charge on any atom is 0.300 e. The molecule has 3 aromatic rings. The van der Waals surface area contributed by atoms with Crippen molar-refractivity contribution in [3.05, 3.63) is 99.6 Å². The quantitative estimate of drug-likeness (QED) is 0.169. The van der Waals surface area contributed by atoms with Crippen molar-refractivity contribution in [2.75, 3.05) is 30.5 Å². The van der Waals surface area contributed by atoms with Crippen LogP contribution in [0.4, 0.5) is 17.1 Å². The number of amides is 1. The van der Waals surface area contributed by atoms with Crippen LogP contribution < -0.4 is 14.5 Å². The third-order valence-corrected chi connectivity index (χ3v) is 5.91. The predicted molar refractivity (Wildman–Crippen MR) is 136 cm³/mol. The van der Waals surface area contributed by atoms with Gasteiger partial charge in [0, 0.05) is 49.2 Å². The molecule has 9 heteroatoms. The number of nitrogens with zero attached hydrogens (tertiary/aromatic N) is 3. The summed E-state index contributed by atoms with van der Waals surface area (Å²) in [6, 6.07) is 18.4. The van der Waals surface area contributed by atoms with Crippen molar-refractivity contribution in [1.29, 1.82) is 0 Å². The van der Waals surface area contributed by atoms with Gasteiger partial charge in [-0.3, -0.25) is 24.6 Å². The predicted octanol–water partition coefficient (Wildman–Crippen LogP) is 4.69. The molecule has 0 bridgehead atoms. The van der Waals surface area contributed by atoms with Crippen molar-refractivity contribution in [3.8, 4) is 5.75 Å². The number of hydrogen-bond acceptors (Lipinski definition) is 7. The molecule has 1 aliphatic rings. The first-order chi connectivity index (χ1) is 17.2. The second kappa shape index (κ2) is 9.91. The summed E-state index contributed by atoms with van der Waals surface area (Å²) in [4.78, 5) is 40.5. The van der Waals surface area contributed by atoms with Crippen molar-refractivity contribution in [2.24, 2.45) is 0 Å². The van der Waals surface area contributed by atoms with Gasteiger partial charge in [-0.15, -0.1) is 0 Å². The van der Waals surface area contributed by atoms with E-state index in [2.05, 4.69) is 0 Å². The zero-order valence-corrected chi connectivity index (χ0v) is 20.0. The van der Waals surface area contributed by atoms with E-state index in [1.54, 1.807) is 36.4 Å². The lowest BCUT2D eigenvalue weighted by molar-refractivity contribution is -0.384. The van der Waals surface area contributed by atoms with E-state index in [-0.39, 0.29) is 16.8 Å². The Kier molecular flexibility index (Phi) is 6.73. The summed E-state index contributed by atoms with van der Waals surface area (Å²) < 4.78 is 5.58. The molecule has 36 heavy (non-hydrogen) atoms. The van der Waals surface area contributed by atoms with Gasteiger partial charge < -0.3 is 14.7 Å². The first-order valence-electron chi connectivity index (χ1n) is 11.3. The molecule has 1 aliphatic heterocycles. The number of nitro groups is 1. The number of ether oxygens (including phenoxy) is 1. The number of nitro benzene ring substituents is 1. The Hall–Kier alpha value is -4.66. The number of anilines is 2. The lowest BCUT2D eigenvalue weighted by atomic mass is 9.94. The topological polar surface area (TPSA) is 113 Å². The highest BCUT2D eigenvalue weighted by Gasteiger charge is 2.47. The first-order valence-corrected chi connectivity index (χ1v) is 11.3. The molecule has 1 saturated heterocycles. The van der Waals surface area contributed by atoms with Gasteiger partial charge in [0.25, 0.3) is 17.4 Å². The van der Waals surface area contributed by atoms with E-state index in [4.69, 9.17) is 4.74 Å². The molecule has 1 unspecified atom stereocenters. The Morgan fingerprint density at radius 2 is 1.75 bits per heavy atom. The molecule has 0 spiro atoms. The first kappa shape index (κ1) is 24.5.